The minimum atomic E-state index is 0.0681. The Morgan fingerprint density at radius 2 is 2.28 bits per heavy atom. The minimum Gasteiger partial charge on any atom is -0.395 e. The Labute approximate surface area is 116 Å². The van der Waals surface area contributed by atoms with Crippen LogP contribution in [0.2, 0.25) is 0 Å². The monoisotopic (exact) mass is 271 g/mol. The Morgan fingerprint density at radius 3 is 2.78 bits per heavy atom. The summed E-state index contributed by atoms with van der Waals surface area (Å²) in [7, 11) is 2.07. The molecule has 1 rings (SSSR count). The van der Waals surface area contributed by atoms with Gasteiger partial charge in [-0.05, 0) is 25.3 Å². The van der Waals surface area contributed by atoms with E-state index in [1.807, 2.05) is 0 Å². The number of nitrogens with zero attached hydrogens (tertiary/aromatic N) is 1. The Hall–Kier alpha value is -0.310. The van der Waals surface area contributed by atoms with Crippen molar-refractivity contribution >= 4 is 11.6 Å². The maximum absolute atomic E-state index is 9.13. The van der Waals surface area contributed by atoms with Gasteiger partial charge in [-0.1, -0.05) is 31.6 Å². The lowest BCUT2D eigenvalue weighted by Crippen LogP contribution is -2.49. The third kappa shape index (κ3) is 3.17. The van der Waals surface area contributed by atoms with Gasteiger partial charge in [0.15, 0.2) is 0 Å². The Balaban J connectivity index is 2.99. The molecule has 1 saturated carbocycles. The second-order valence-corrected chi connectivity index (χ2v) is 5.91. The second kappa shape index (κ2) is 6.74. The molecule has 0 radical (unpaired) electrons. The molecule has 1 N–H and O–H groups in total. The molecule has 3 heteroatoms. The SMILES string of the molecule is C=C[C@]1(C)CCCC(N(C)CCO)[C@H]1C(=C)CCl. The number of rotatable bonds is 6. The second-order valence-electron chi connectivity index (χ2n) is 5.64. The van der Waals surface area contributed by atoms with E-state index in [1.54, 1.807) is 0 Å². The van der Waals surface area contributed by atoms with Crippen molar-refractivity contribution in [3.63, 3.8) is 0 Å². The van der Waals surface area contributed by atoms with Crippen LogP contribution in [0.25, 0.3) is 0 Å². The molecule has 0 aromatic rings. The summed E-state index contributed by atoms with van der Waals surface area (Å²) in [6.45, 7) is 11.3. The summed E-state index contributed by atoms with van der Waals surface area (Å²) in [5, 5.41) is 9.13. The van der Waals surface area contributed by atoms with Gasteiger partial charge in [0.05, 0.1) is 6.61 Å². The van der Waals surface area contributed by atoms with Crippen molar-refractivity contribution in [2.24, 2.45) is 11.3 Å². The average molecular weight is 272 g/mol. The Morgan fingerprint density at radius 1 is 1.61 bits per heavy atom. The summed E-state index contributed by atoms with van der Waals surface area (Å²) in [6, 6.07) is 0.403. The predicted molar refractivity (Wildman–Crippen MR) is 79.0 cm³/mol. The molecule has 1 unspecified atom stereocenters. The van der Waals surface area contributed by atoms with E-state index in [0.29, 0.717) is 24.4 Å². The van der Waals surface area contributed by atoms with Gasteiger partial charge in [-0.2, -0.15) is 0 Å². The summed E-state index contributed by atoms with van der Waals surface area (Å²) in [6.07, 6.45) is 5.53. The lowest BCUT2D eigenvalue weighted by Gasteiger charge is -2.48. The highest BCUT2D eigenvalue weighted by Gasteiger charge is 2.42. The molecular formula is C15H26ClNO. The number of likely N-dealkylation sites (N-methyl/N-ethyl adjacent to an activating group) is 1. The van der Waals surface area contributed by atoms with Crippen molar-refractivity contribution in [2.75, 3.05) is 26.1 Å². The standard InChI is InChI=1S/C15H26ClNO/c1-5-15(3)8-6-7-13(17(4)9-10-18)14(15)12(2)11-16/h5,13-14,18H,1-2,6-11H2,3-4H3/t13?,14-,15-/m1/s1. The molecule has 1 aliphatic carbocycles. The summed E-state index contributed by atoms with van der Waals surface area (Å²) in [5.41, 5.74) is 1.16. The van der Waals surface area contributed by atoms with Crippen LogP contribution < -0.4 is 0 Å². The van der Waals surface area contributed by atoms with Crippen molar-refractivity contribution < 1.29 is 5.11 Å². The zero-order valence-electron chi connectivity index (χ0n) is 11.7. The summed E-state index contributed by atoms with van der Waals surface area (Å²) >= 11 is 6.01. The molecule has 0 spiro atoms. The van der Waals surface area contributed by atoms with Crippen LogP contribution in [0.5, 0.6) is 0 Å². The highest BCUT2D eigenvalue weighted by Crippen LogP contribution is 2.46. The molecule has 0 aliphatic heterocycles. The molecule has 1 fully saturated rings. The van der Waals surface area contributed by atoms with Crippen LogP contribution in [-0.4, -0.2) is 42.1 Å². The average Bonchev–Trinajstić information content (AvgIpc) is 2.37. The highest BCUT2D eigenvalue weighted by atomic mass is 35.5. The number of aliphatic hydroxyl groups is 1. The van der Waals surface area contributed by atoms with E-state index in [2.05, 4.69) is 38.1 Å². The first-order chi connectivity index (χ1) is 8.50. The largest absolute Gasteiger partial charge is 0.395 e. The van der Waals surface area contributed by atoms with Crippen molar-refractivity contribution in [1.82, 2.24) is 4.90 Å². The molecule has 0 aromatic heterocycles. The number of halogens is 1. The number of hydrogen-bond acceptors (Lipinski definition) is 2. The fourth-order valence-corrected chi connectivity index (χ4v) is 3.47. The van der Waals surface area contributed by atoms with E-state index in [0.717, 1.165) is 18.4 Å². The van der Waals surface area contributed by atoms with Crippen LogP contribution >= 0.6 is 11.6 Å². The molecule has 2 nitrogen and oxygen atoms in total. The number of alkyl halides is 1. The maximum atomic E-state index is 9.13. The molecule has 0 saturated heterocycles. The molecular weight excluding hydrogens is 246 g/mol. The van der Waals surface area contributed by atoms with Crippen LogP contribution in [0.4, 0.5) is 0 Å². The number of hydrogen-bond donors (Lipinski definition) is 1. The molecule has 104 valence electrons. The quantitative estimate of drug-likeness (QED) is 0.593. The normalized spacial score (nSPS) is 32.5. The van der Waals surface area contributed by atoms with Gasteiger partial charge in [-0.25, -0.2) is 0 Å². The fraction of sp³-hybridized carbons (Fsp3) is 0.733. The van der Waals surface area contributed by atoms with Crippen LogP contribution in [0.3, 0.4) is 0 Å². The van der Waals surface area contributed by atoms with Gasteiger partial charge in [0.1, 0.15) is 0 Å². The zero-order valence-corrected chi connectivity index (χ0v) is 12.4. The molecule has 0 aromatic carbocycles. The summed E-state index contributed by atoms with van der Waals surface area (Å²) < 4.78 is 0. The van der Waals surface area contributed by atoms with Crippen molar-refractivity contribution in [1.29, 1.82) is 0 Å². The van der Waals surface area contributed by atoms with Gasteiger partial charge in [0.25, 0.3) is 0 Å². The van der Waals surface area contributed by atoms with Gasteiger partial charge in [-0.3, -0.25) is 0 Å². The predicted octanol–water partition coefficient (Wildman–Crippen LogP) is 3.07. The first-order valence-electron chi connectivity index (χ1n) is 6.68. The summed E-state index contributed by atoms with van der Waals surface area (Å²) in [5.74, 6) is 0.829. The lowest BCUT2D eigenvalue weighted by molar-refractivity contribution is 0.0635. The lowest BCUT2D eigenvalue weighted by atomic mass is 9.62. The van der Waals surface area contributed by atoms with Crippen LogP contribution in [0.1, 0.15) is 26.2 Å². The first kappa shape index (κ1) is 15.7. The van der Waals surface area contributed by atoms with E-state index in [9.17, 15) is 0 Å². The third-order valence-electron chi connectivity index (χ3n) is 4.41. The molecule has 0 amide bonds. The molecule has 0 bridgehead atoms. The van der Waals surface area contributed by atoms with Gasteiger partial charge < -0.3 is 10.0 Å². The maximum Gasteiger partial charge on any atom is 0.0558 e. The Kier molecular flexibility index (Phi) is 5.90. The van der Waals surface area contributed by atoms with Gasteiger partial charge in [0.2, 0.25) is 0 Å². The third-order valence-corrected chi connectivity index (χ3v) is 4.75. The smallest absolute Gasteiger partial charge is 0.0558 e. The Bertz CT molecular complexity index is 305. The molecule has 18 heavy (non-hydrogen) atoms. The number of aliphatic hydroxyl groups excluding tert-OH is 1. The topological polar surface area (TPSA) is 23.5 Å². The van der Waals surface area contributed by atoms with E-state index in [4.69, 9.17) is 16.7 Å². The summed E-state index contributed by atoms with van der Waals surface area (Å²) in [4.78, 5) is 2.24. The first-order valence-corrected chi connectivity index (χ1v) is 7.22. The van der Waals surface area contributed by atoms with Gasteiger partial charge >= 0.3 is 0 Å². The van der Waals surface area contributed by atoms with E-state index < -0.39 is 0 Å². The zero-order chi connectivity index (χ0) is 13.8. The van der Waals surface area contributed by atoms with E-state index >= 15 is 0 Å². The van der Waals surface area contributed by atoms with Crippen molar-refractivity contribution in [3.05, 3.63) is 24.8 Å². The van der Waals surface area contributed by atoms with Crippen molar-refractivity contribution in [3.8, 4) is 0 Å². The van der Waals surface area contributed by atoms with E-state index in [-0.39, 0.29) is 12.0 Å². The molecule has 3 atom stereocenters. The van der Waals surface area contributed by atoms with Crippen LogP contribution in [-0.2, 0) is 0 Å². The molecule has 0 heterocycles. The van der Waals surface area contributed by atoms with Gasteiger partial charge in [0, 0.05) is 24.4 Å². The van der Waals surface area contributed by atoms with Crippen LogP contribution in [0.15, 0.2) is 24.8 Å². The highest BCUT2D eigenvalue weighted by molar-refractivity contribution is 6.19. The van der Waals surface area contributed by atoms with E-state index in [1.165, 1.54) is 6.42 Å². The minimum absolute atomic E-state index is 0.0681. The van der Waals surface area contributed by atoms with Crippen LogP contribution in [0, 0.1) is 11.3 Å². The number of allylic oxidation sites excluding steroid dienone is 1. The van der Waals surface area contributed by atoms with Crippen molar-refractivity contribution in [2.45, 2.75) is 32.2 Å². The van der Waals surface area contributed by atoms with Gasteiger partial charge in [-0.15, -0.1) is 18.2 Å². The fourth-order valence-electron chi connectivity index (χ4n) is 3.30. The molecule has 1 aliphatic rings.